The van der Waals surface area contributed by atoms with Gasteiger partial charge in [-0.3, -0.25) is 4.79 Å². The Kier molecular flexibility index (Phi) is 5.64. The van der Waals surface area contributed by atoms with E-state index in [0.29, 0.717) is 27.9 Å². The van der Waals surface area contributed by atoms with Gasteiger partial charge in [0.15, 0.2) is 0 Å². The van der Waals surface area contributed by atoms with Gasteiger partial charge in [-0.05, 0) is 12.3 Å². The van der Waals surface area contributed by atoms with Crippen molar-refractivity contribution in [3.63, 3.8) is 0 Å². The molecule has 0 saturated heterocycles. The van der Waals surface area contributed by atoms with Crippen molar-refractivity contribution < 1.29 is 4.79 Å². The van der Waals surface area contributed by atoms with Crippen LogP contribution < -0.4 is 16.4 Å². The third-order valence-corrected chi connectivity index (χ3v) is 3.63. The molecule has 0 atom stereocenters. The van der Waals surface area contributed by atoms with Crippen LogP contribution in [-0.2, 0) is 0 Å². The third kappa shape index (κ3) is 3.86. The quantitative estimate of drug-likeness (QED) is 0.746. The Balaban J connectivity index is 2.95. The second-order valence-corrected chi connectivity index (χ2v) is 5.71. The summed E-state index contributed by atoms with van der Waals surface area (Å²) in [6, 6.07) is 2.06. The number of rotatable bonds is 6. The smallest absolute Gasteiger partial charge is 0.263 e. The molecule has 6 heteroatoms. The van der Waals surface area contributed by atoms with E-state index in [1.54, 1.807) is 0 Å². The molecule has 1 amide bonds. The van der Waals surface area contributed by atoms with Crippen molar-refractivity contribution in [1.29, 1.82) is 5.26 Å². The monoisotopic (exact) mass is 280 g/mol. The van der Waals surface area contributed by atoms with E-state index >= 15 is 0 Å². The van der Waals surface area contributed by atoms with Crippen molar-refractivity contribution in [3.8, 4) is 6.07 Å². The summed E-state index contributed by atoms with van der Waals surface area (Å²) >= 11 is 1.24. The summed E-state index contributed by atoms with van der Waals surface area (Å²) in [6.45, 7) is 7.47. The minimum absolute atomic E-state index is 0.210. The van der Waals surface area contributed by atoms with Crippen LogP contribution in [0, 0.1) is 17.2 Å². The van der Waals surface area contributed by atoms with E-state index in [-0.39, 0.29) is 11.6 Å². The Morgan fingerprint density at radius 1 is 1.53 bits per heavy atom. The number of amides is 1. The molecule has 1 aromatic heterocycles. The highest BCUT2D eigenvalue weighted by atomic mass is 32.1. The summed E-state index contributed by atoms with van der Waals surface area (Å²) in [5.41, 5.74) is 6.52. The molecule has 0 bridgehead atoms. The molecule has 19 heavy (non-hydrogen) atoms. The fourth-order valence-electron chi connectivity index (χ4n) is 1.46. The normalized spacial score (nSPS) is 10.3. The van der Waals surface area contributed by atoms with Gasteiger partial charge in [-0.25, -0.2) is 0 Å². The van der Waals surface area contributed by atoms with Crippen LogP contribution in [0.2, 0.25) is 0 Å². The first-order valence-corrected chi connectivity index (χ1v) is 7.17. The fraction of sp³-hybridized carbons (Fsp3) is 0.538. The lowest BCUT2D eigenvalue weighted by Gasteiger charge is -2.06. The van der Waals surface area contributed by atoms with Crippen LogP contribution in [0.25, 0.3) is 0 Å². The number of carbonyl (C=O) groups is 1. The molecule has 0 radical (unpaired) electrons. The molecule has 0 fully saturated rings. The molecule has 0 saturated carbocycles. The Bertz CT molecular complexity index is 488. The molecule has 0 spiro atoms. The van der Waals surface area contributed by atoms with Gasteiger partial charge in [-0.2, -0.15) is 5.26 Å². The average molecular weight is 280 g/mol. The van der Waals surface area contributed by atoms with Crippen LogP contribution in [0.1, 0.15) is 42.4 Å². The van der Waals surface area contributed by atoms with E-state index in [1.807, 2.05) is 6.92 Å². The van der Waals surface area contributed by atoms with Crippen LogP contribution >= 0.6 is 11.3 Å². The number of thiophene rings is 1. The number of nitrogens with zero attached hydrogens (tertiary/aromatic N) is 1. The predicted molar refractivity (Wildman–Crippen MR) is 79.4 cm³/mol. The molecule has 4 N–H and O–H groups in total. The van der Waals surface area contributed by atoms with Crippen molar-refractivity contribution >= 4 is 27.9 Å². The van der Waals surface area contributed by atoms with E-state index in [1.165, 1.54) is 11.3 Å². The molecule has 1 aromatic rings. The number of hydrogen-bond donors (Lipinski definition) is 3. The van der Waals surface area contributed by atoms with Gasteiger partial charge < -0.3 is 16.4 Å². The maximum atomic E-state index is 11.9. The van der Waals surface area contributed by atoms with Gasteiger partial charge in [0.25, 0.3) is 5.91 Å². The number of nitriles is 1. The predicted octanol–water partition coefficient (Wildman–Crippen LogP) is 2.41. The lowest BCUT2D eigenvalue weighted by molar-refractivity contribution is 0.0958. The lowest BCUT2D eigenvalue weighted by Crippen LogP contribution is -2.23. The maximum absolute atomic E-state index is 11.9. The zero-order valence-electron chi connectivity index (χ0n) is 11.5. The average Bonchev–Trinajstić information content (AvgIpc) is 2.69. The number of nitrogens with one attached hydrogen (secondary N) is 2. The van der Waals surface area contributed by atoms with Crippen molar-refractivity contribution in [3.05, 3.63) is 10.4 Å². The molecule has 104 valence electrons. The molecule has 0 unspecified atom stereocenters. The van der Waals surface area contributed by atoms with E-state index in [2.05, 4.69) is 30.6 Å². The van der Waals surface area contributed by atoms with E-state index < -0.39 is 0 Å². The molecule has 0 aromatic carbocycles. The Morgan fingerprint density at radius 2 is 2.21 bits per heavy atom. The van der Waals surface area contributed by atoms with Gasteiger partial charge in [0.2, 0.25) is 0 Å². The summed E-state index contributed by atoms with van der Waals surface area (Å²) in [5, 5.41) is 15.8. The van der Waals surface area contributed by atoms with Crippen molar-refractivity contribution in [2.45, 2.75) is 27.2 Å². The van der Waals surface area contributed by atoms with Gasteiger partial charge in [0, 0.05) is 13.1 Å². The molecule has 1 rings (SSSR count). The van der Waals surface area contributed by atoms with Crippen LogP contribution in [0.5, 0.6) is 0 Å². The van der Waals surface area contributed by atoms with Gasteiger partial charge in [-0.15, -0.1) is 11.3 Å². The van der Waals surface area contributed by atoms with Gasteiger partial charge in [0.05, 0.1) is 5.69 Å². The van der Waals surface area contributed by atoms with Crippen LogP contribution in [0.3, 0.4) is 0 Å². The van der Waals surface area contributed by atoms with Crippen LogP contribution in [0.15, 0.2) is 0 Å². The van der Waals surface area contributed by atoms with Crippen molar-refractivity contribution in [2.24, 2.45) is 5.92 Å². The highest BCUT2D eigenvalue weighted by Crippen LogP contribution is 2.35. The molecule has 5 nitrogen and oxygen atoms in total. The Hall–Kier alpha value is -1.74. The highest BCUT2D eigenvalue weighted by molar-refractivity contribution is 7.18. The van der Waals surface area contributed by atoms with E-state index in [0.717, 1.165) is 13.0 Å². The first-order chi connectivity index (χ1) is 9.01. The third-order valence-electron chi connectivity index (χ3n) is 2.47. The molecular formula is C13H20N4OS. The zero-order chi connectivity index (χ0) is 14.4. The maximum Gasteiger partial charge on any atom is 0.263 e. The van der Waals surface area contributed by atoms with Gasteiger partial charge >= 0.3 is 0 Å². The second kappa shape index (κ2) is 7.00. The summed E-state index contributed by atoms with van der Waals surface area (Å²) in [4.78, 5) is 12.3. The Morgan fingerprint density at radius 3 is 2.74 bits per heavy atom. The van der Waals surface area contributed by atoms with Crippen molar-refractivity contribution in [2.75, 3.05) is 24.1 Å². The number of hydrogen-bond acceptors (Lipinski definition) is 5. The minimum atomic E-state index is -0.210. The number of nitrogens with two attached hydrogens (primary N) is 1. The highest BCUT2D eigenvalue weighted by Gasteiger charge is 2.20. The number of anilines is 2. The number of carbonyl (C=O) groups excluding carboxylic acids is 1. The van der Waals surface area contributed by atoms with Crippen LogP contribution in [-0.4, -0.2) is 19.0 Å². The lowest BCUT2D eigenvalue weighted by atomic mass is 10.2. The van der Waals surface area contributed by atoms with Gasteiger partial charge in [0.1, 0.15) is 21.5 Å². The first-order valence-electron chi connectivity index (χ1n) is 6.35. The van der Waals surface area contributed by atoms with Gasteiger partial charge in [-0.1, -0.05) is 20.8 Å². The topological polar surface area (TPSA) is 90.9 Å². The standard InChI is InChI=1S/C13H20N4OS/c1-4-5-16-12(18)11-10(15)9(6-14)13(19-11)17-7-8(2)3/h8,17H,4-5,7,15H2,1-3H3,(H,16,18). The SMILES string of the molecule is CCCNC(=O)c1sc(NCC(C)C)c(C#N)c1N. The van der Waals surface area contributed by atoms with E-state index in [4.69, 9.17) is 11.0 Å². The van der Waals surface area contributed by atoms with Crippen LogP contribution in [0.4, 0.5) is 10.7 Å². The summed E-state index contributed by atoms with van der Waals surface area (Å²) in [7, 11) is 0. The van der Waals surface area contributed by atoms with E-state index in [9.17, 15) is 4.79 Å². The molecule has 0 aliphatic heterocycles. The Labute approximate surface area is 117 Å². The van der Waals surface area contributed by atoms with Crippen molar-refractivity contribution in [1.82, 2.24) is 5.32 Å². The minimum Gasteiger partial charge on any atom is -0.396 e. The largest absolute Gasteiger partial charge is 0.396 e. The molecule has 0 aliphatic rings. The summed E-state index contributed by atoms with van der Waals surface area (Å²) in [6.07, 6.45) is 0.862. The first kappa shape index (κ1) is 15.3. The molecule has 1 heterocycles. The second-order valence-electron chi connectivity index (χ2n) is 4.69. The summed E-state index contributed by atoms with van der Waals surface area (Å²) < 4.78 is 0. The summed E-state index contributed by atoms with van der Waals surface area (Å²) in [5.74, 6) is 0.241. The molecular weight excluding hydrogens is 260 g/mol. The molecule has 0 aliphatic carbocycles. The number of nitrogen functional groups attached to an aromatic ring is 1. The fourth-order valence-corrected chi connectivity index (χ4v) is 2.46. The zero-order valence-corrected chi connectivity index (χ0v) is 12.4.